The fraction of sp³-hybridized carbons (Fsp3) is 0.750. The molecule has 0 amide bonds. The van der Waals surface area contributed by atoms with Crippen LogP contribution in [0.4, 0.5) is 0 Å². The highest BCUT2D eigenvalue weighted by molar-refractivity contribution is 8.76. The van der Waals surface area contributed by atoms with Crippen LogP contribution in [-0.4, -0.2) is 69.2 Å². The Morgan fingerprint density at radius 2 is 1.17 bits per heavy atom. The summed E-state index contributed by atoms with van der Waals surface area (Å²) in [6.07, 6.45) is -4.53. The van der Waals surface area contributed by atoms with E-state index in [1.807, 2.05) is 0 Å². The highest BCUT2D eigenvalue weighted by Crippen LogP contribution is 2.18. The number of nitrogens with two attached hydrogens (primary N) is 2. The Morgan fingerprint density at radius 1 is 0.889 bits per heavy atom. The normalized spacial score (nSPS) is 13.1. The first kappa shape index (κ1) is 19.8. The minimum absolute atomic E-state index is 0.766. The average Bonchev–Trinajstić information content (AvgIpc) is 2.33. The third kappa shape index (κ3) is 12.0. The van der Waals surface area contributed by atoms with Gasteiger partial charge in [-0.1, -0.05) is 21.6 Å². The number of rotatable bonds is 8. The lowest BCUT2D eigenvalue weighted by Crippen LogP contribution is -2.39. The number of aliphatic hydroxyl groups is 2. The van der Waals surface area contributed by atoms with Crippen LogP contribution in [0.3, 0.4) is 0 Å². The molecule has 0 heterocycles. The molecule has 18 heavy (non-hydrogen) atoms. The zero-order chi connectivity index (χ0) is 14.6. The van der Waals surface area contributed by atoms with Gasteiger partial charge >= 0.3 is 11.9 Å². The van der Waals surface area contributed by atoms with Crippen LogP contribution in [0.2, 0.25) is 0 Å². The van der Waals surface area contributed by atoms with E-state index in [9.17, 15) is 9.59 Å². The van der Waals surface area contributed by atoms with Gasteiger partial charge in [-0.05, 0) is 0 Å². The summed E-state index contributed by atoms with van der Waals surface area (Å²) in [6, 6.07) is 0. The summed E-state index contributed by atoms with van der Waals surface area (Å²) in [5.74, 6) is -1.47. The Morgan fingerprint density at radius 3 is 1.33 bits per heavy atom. The van der Waals surface area contributed by atoms with Crippen LogP contribution in [0.5, 0.6) is 0 Å². The molecule has 0 aromatic heterocycles. The van der Waals surface area contributed by atoms with E-state index in [2.05, 4.69) is 0 Å². The van der Waals surface area contributed by atoms with Crippen LogP contribution in [0.15, 0.2) is 0 Å². The molecule has 10 heteroatoms. The Balaban J connectivity index is 0. The molecule has 0 aromatic rings. The topological polar surface area (TPSA) is 167 Å². The minimum atomic E-state index is -2.27. The van der Waals surface area contributed by atoms with E-state index < -0.39 is 24.1 Å². The Kier molecular flexibility index (Phi) is 14.2. The number of hydrogen-bond acceptors (Lipinski definition) is 8. The van der Waals surface area contributed by atoms with Gasteiger partial charge in [-0.25, -0.2) is 9.59 Å². The molecule has 8 nitrogen and oxygen atoms in total. The summed E-state index contributed by atoms with van der Waals surface area (Å²) >= 11 is 0. The molecule has 0 aliphatic heterocycles. The molecule has 0 saturated carbocycles. The molecule has 8 N–H and O–H groups in total. The molecule has 0 aliphatic carbocycles. The van der Waals surface area contributed by atoms with E-state index in [4.69, 9.17) is 31.9 Å². The fourth-order valence-corrected chi connectivity index (χ4v) is 2.20. The van der Waals surface area contributed by atoms with E-state index in [-0.39, 0.29) is 0 Å². The zero-order valence-corrected chi connectivity index (χ0v) is 11.2. The van der Waals surface area contributed by atoms with E-state index in [1.165, 1.54) is 0 Å². The monoisotopic (exact) mass is 302 g/mol. The number of aliphatic carboxylic acids is 2. The van der Waals surface area contributed by atoms with E-state index in [0.717, 1.165) is 24.6 Å². The predicted molar refractivity (Wildman–Crippen MR) is 70.3 cm³/mol. The van der Waals surface area contributed by atoms with Crippen LogP contribution >= 0.6 is 21.6 Å². The van der Waals surface area contributed by atoms with Gasteiger partial charge in [0.05, 0.1) is 0 Å². The van der Waals surface area contributed by atoms with Crippen molar-refractivity contribution < 1.29 is 30.0 Å². The summed E-state index contributed by atoms with van der Waals surface area (Å²) in [6.45, 7) is 1.53. The largest absolute Gasteiger partial charge is 0.479 e. The number of carbonyl (C=O) groups is 2. The van der Waals surface area contributed by atoms with Gasteiger partial charge in [0.1, 0.15) is 0 Å². The van der Waals surface area contributed by atoms with E-state index in [0.29, 0.717) is 0 Å². The molecule has 0 bridgehead atoms. The minimum Gasteiger partial charge on any atom is -0.479 e. The highest BCUT2D eigenvalue weighted by Gasteiger charge is 2.29. The smallest absolute Gasteiger partial charge is 0.335 e. The summed E-state index contributed by atoms with van der Waals surface area (Å²) in [5, 5.41) is 32.5. The van der Waals surface area contributed by atoms with Crippen LogP contribution < -0.4 is 11.5 Å². The molecule has 2 atom stereocenters. The van der Waals surface area contributed by atoms with Gasteiger partial charge in [0.25, 0.3) is 0 Å². The molecule has 0 rings (SSSR count). The molecule has 0 fully saturated rings. The third-order valence-electron chi connectivity index (χ3n) is 1.29. The van der Waals surface area contributed by atoms with Crippen LogP contribution in [0, 0.1) is 0 Å². The molecule has 0 radical (unpaired) electrons. The van der Waals surface area contributed by atoms with Crippen LogP contribution in [-0.2, 0) is 9.59 Å². The third-order valence-corrected chi connectivity index (χ3v) is 3.76. The van der Waals surface area contributed by atoms with Gasteiger partial charge in [-0.2, -0.15) is 0 Å². The van der Waals surface area contributed by atoms with Crippen LogP contribution in [0.1, 0.15) is 0 Å². The van der Waals surface area contributed by atoms with Crippen molar-refractivity contribution in [3.05, 3.63) is 0 Å². The van der Waals surface area contributed by atoms with E-state index >= 15 is 0 Å². The Hall–Kier alpha value is -0.520. The average molecular weight is 302 g/mol. The molecular weight excluding hydrogens is 284 g/mol. The summed E-state index contributed by atoms with van der Waals surface area (Å²) < 4.78 is 0. The van der Waals surface area contributed by atoms with Gasteiger partial charge in [-0.15, -0.1) is 0 Å². The summed E-state index contributed by atoms with van der Waals surface area (Å²) in [7, 11) is 3.58. The lowest BCUT2D eigenvalue weighted by atomic mass is 10.2. The SMILES string of the molecule is NCCSSCCN.O=C(O)C(O)C(O)C(=O)O. The second kappa shape index (κ2) is 12.9. The summed E-state index contributed by atoms with van der Waals surface area (Å²) in [5.41, 5.74) is 10.5. The fourth-order valence-electron chi connectivity index (χ4n) is 0.484. The van der Waals surface area contributed by atoms with Crippen molar-refractivity contribution in [1.29, 1.82) is 0 Å². The molecule has 0 aromatic carbocycles. The number of carboxylic acids is 2. The maximum Gasteiger partial charge on any atom is 0.335 e. The van der Waals surface area contributed by atoms with Crippen molar-refractivity contribution in [2.24, 2.45) is 11.5 Å². The van der Waals surface area contributed by atoms with Gasteiger partial charge < -0.3 is 31.9 Å². The molecule has 0 spiro atoms. The number of hydrogen-bond donors (Lipinski definition) is 6. The van der Waals surface area contributed by atoms with Crippen LogP contribution in [0.25, 0.3) is 0 Å². The first-order chi connectivity index (χ1) is 8.38. The zero-order valence-electron chi connectivity index (χ0n) is 9.56. The van der Waals surface area contributed by atoms with Crippen molar-refractivity contribution in [2.75, 3.05) is 24.6 Å². The molecule has 0 saturated heterocycles. The van der Waals surface area contributed by atoms with Crippen molar-refractivity contribution in [1.82, 2.24) is 0 Å². The first-order valence-electron chi connectivity index (χ1n) is 4.84. The van der Waals surface area contributed by atoms with Crippen molar-refractivity contribution >= 4 is 33.5 Å². The molecule has 2 unspecified atom stereocenters. The van der Waals surface area contributed by atoms with Crippen molar-refractivity contribution in [3.63, 3.8) is 0 Å². The lowest BCUT2D eigenvalue weighted by molar-refractivity contribution is -0.165. The highest BCUT2D eigenvalue weighted by atomic mass is 33.1. The molecule has 108 valence electrons. The molecular formula is C8H18N2O6S2. The Bertz CT molecular complexity index is 220. The van der Waals surface area contributed by atoms with Crippen molar-refractivity contribution in [2.45, 2.75) is 12.2 Å². The number of carboxylic acid groups (broad SMARTS) is 2. The Labute approximate surface area is 112 Å². The van der Waals surface area contributed by atoms with Gasteiger partial charge in [0.15, 0.2) is 12.2 Å². The molecule has 0 aliphatic rings. The van der Waals surface area contributed by atoms with Gasteiger partial charge in [0.2, 0.25) is 0 Å². The van der Waals surface area contributed by atoms with E-state index in [1.54, 1.807) is 21.6 Å². The second-order valence-corrected chi connectivity index (χ2v) is 5.49. The quantitative estimate of drug-likeness (QED) is 0.221. The standard InChI is InChI=1S/C4H12N2S2.C4H6O6/c5-1-3-7-8-4-2-6;5-1(3(7)8)2(6)4(9)10/h1-6H2;1-2,5-6H,(H,7,8)(H,9,10). The number of aliphatic hydroxyl groups excluding tert-OH is 2. The maximum absolute atomic E-state index is 9.77. The maximum atomic E-state index is 9.77. The lowest BCUT2D eigenvalue weighted by Gasteiger charge is -2.07. The first-order valence-corrected chi connectivity index (χ1v) is 7.33. The predicted octanol–water partition coefficient (Wildman–Crippen LogP) is -1.84. The van der Waals surface area contributed by atoms with Gasteiger partial charge in [-0.3, -0.25) is 0 Å². The summed E-state index contributed by atoms with van der Waals surface area (Å²) in [4.78, 5) is 19.5. The van der Waals surface area contributed by atoms with Crippen molar-refractivity contribution in [3.8, 4) is 0 Å². The second-order valence-electron chi connectivity index (χ2n) is 2.79. The van der Waals surface area contributed by atoms with Gasteiger partial charge in [0, 0.05) is 24.6 Å².